The zero-order chi connectivity index (χ0) is 20.2. The lowest BCUT2D eigenvalue weighted by molar-refractivity contribution is -0.191. The molecule has 1 amide bonds. The third kappa shape index (κ3) is 4.69. The van der Waals surface area contributed by atoms with Crippen LogP contribution in [-0.2, 0) is 27.6 Å². The number of nitrogens with zero attached hydrogens (tertiary/aromatic N) is 1. The van der Waals surface area contributed by atoms with Crippen molar-refractivity contribution in [2.24, 2.45) is 10.8 Å². The van der Waals surface area contributed by atoms with Crippen LogP contribution in [0, 0.1) is 10.8 Å². The summed E-state index contributed by atoms with van der Waals surface area (Å²) in [6, 6.07) is 19.9. The number of rotatable bonds is 12. The molecule has 5 nitrogen and oxygen atoms in total. The van der Waals surface area contributed by atoms with E-state index in [9.17, 15) is 9.90 Å². The molecule has 2 aromatic carbocycles. The summed E-state index contributed by atoms with van der Waals surface area (Å²) in [6.45, 7) is 1.49. The van der Waals surface area contributed by atoms with E-state index in [-0.39, 0.29) is 23.5 Å². The molecular formula is C24H29NO4. The molecule has 2 saturated carbocycles. The Hall–Kier alpha value is -2.21. The van der Waals surface area contributed by atoms with Crippen molar-refractivity contribution >= 4 is 6.41 Å². The Bertz CT molecular complexity index is 787. The Morgan fingerprint density at radius 3 is 1.93 bits per heavy atom. The lowest BCUT2D eigenvalue weighted by atomic mass is 9.85. The topological polar surface area (TPSA) is 59.0 Å². The monoisotopic (exact) mass is 395 g/mol. The molecular weight excluding hydrogens is 366 g/mol. The van der Waals surface area contributed by atoms with Gasteiger partial charge in [-0.1, -0.05) is 60.7 Å². The molecule has 0 aromatic heterocycles. The number of ether oxygens (including phenoxy) is 1. The molecule has 0 unspecified atom stereocenters. The molecule has 4 rings (SSSR count). The highest BCUT2D eigenvalue weighted by atomic mass is 16.7. The third-order valence-corrected chi connectivity index (χ3v) is 6.30. The van der Waals surface area contributed by atoms with Crippen molar-refractivity contribution in [3.8, 4) is 0 Å². The summed E-state index contributed by atoms with van der Waals surface area (Å²) in [4.78, 5) is 17.5. The first-order valence-electron chi connectivity index (χ1n) is 10.3. The normalized spacial score (nSPS) is 19.3. The largest absolute Gasteiger partial charge is 0.396 e. The molecule has 0 aliphatic heterocycles. The van der Waals surface area contributed by atoms with E-state index in [1.807, 2.05) is 48.5 Å². The predicted octanol–water partition coefficient (Wildman–Crippen LogP) is 3.71. The summed E-state index contributed by atoms with van der Waals surface area (Å²) in [5, 5.41) is 11.5. The number of hydroxylamine groups is 2. The summed E-state index contributed by atoms with van der Waals surface area (Å²) >= 11 is 0. The first kappa shape index (κ1) is 20.1. The van der Waals surface area contributed by atoms with Crippen molar-refractivity contribution in [1.29, 1.82) is 0 Å². The number of hydrogen-bond acceptors (Lipinski definition) is 4. The Balaban J connectivity index is 1.42. The number of amides is 1. The van der Waals surface area contributed by atoms with Gasteiger partial charge in [-0.3, -0.25) is 9.63 Å². The van der Waals surface area contributed by atoms with Crippen molar-refractivity contribution in [3.05, 3.63) is 71.8 Å². The van der Waals surface area contributed by atoms with Gasteiger partial charge >= 0.3 is 0 Å². The lowest BCUT2D eigenvalue weighted by Crippen LogP contribution is -2.43. The van der Waals surface area contributed by atoms with Gasteiger partial charge in [-0.25, -0.2) is 5.06 Å². The molecule has 2 aliphatic rings. The van der Waals surface area contributed by atoms with Gasteiger partial charge in [0.1, 0.15) is 6.61 Å². The SMILES string of the molecule is O=CN(CC1([C@H](OCc2ccccc2)C2(CO)CC2)CC1)OCc1ccccc1. The Morgan fingerprint density at radius 2 is 1.45 bits per heavy atom. The number of benzene rings is 2. The second-order valence-corrected chi connectivity index (χ2v) is 8.50. The van der Waals surface area contributed by atoms with Crippen molar-refractivity contribution in [3.63, 3.8) is 0 Å². The summed E-state index contributed by atoms with van der Waals surface area (Å²) in [5.41, 5.74) is 1.81. The van der Waals surface area contributed by atoms with Crippen molar-refractivity contribution in [2.45, 2.75) is 45.0 Å². The van der Waals surface area contributed by atoms with Crippen LogP contribution in [0.3, 0.4) is 0 Å². The number of aliphatic hydroxyl groups excluding tert-OH is 1. The molecule has 2 aromatic rings. The van der Waals surface area contributed by atoms with Gasteiger partial charge in [0.05, 0.1) is 25.9 Å². The zero-order valence-electron chi connectivity index (χ0n) is 16.7. The molecule has 5 heteroatoms. The van der Waals surface area contributed by atoms with Crippen LogP contribution in [0.15, 0.2) is 60.7 Å². The summed E-state index contributed by atoms with van der Waals surface area (Å²) in [5.74, 6) is 0. The van der Waals surface area contributed by atoms with Crippen LogP contribution in [0.1, 0.15) is 36.8 Å². The summed E-state index contributed by atoms with van der Waals surface area (Å²) in [7, 11) is 0. The number of carbonyl (C=O) groups is 1. The minimum Gasteiger partial charge on any atom is -0.396 e. The maximum atomic E-state index is 11.7. The van der Waals surface area contributed by atoms with Gasteiger partial charge in [0.2, 0.25) is 6.41 Å². The van der Waals surface area contributed by atoms with Gasteiger partial charge in [0, 0.05) is 10.8 Å². The van der Waals surface area contributed by atoms with Crippen molar-refractivity contribution in [2.75, 3.05) is 13.2 Å². The Labute approximate surface area is 172 Å². The number of carbonyl (C=O) groups excluding carboxylic acids is 1. The van der Waals surface area contributed by atoms with Crippen LogP contribution in [-0.4, -0.2) is 35.8 Å². The molecule has 2 fully saturated rings. The van der Waals surface area contributed by atoms with Crippen LogP contribution < -0.4 is 0 Å². The van der Waals surface area contributed by atoms with Crippen LogP contribution >= 0.6 is 0 Å². The predicted molar refractivity (Wildman–Crippen MR) is 109 cm³/mol. The van der Waals surface area contributed by atoms with Crippen molar-refractivity contribution < 1.29 is 19.5 Å². The fourth-order valence-electron chi connectivity index (χ4n) is 4.24. The Kier molecular flexibility index (Phi) is 5.99. The third-order valence-electron chi connectivity index (χ3n) is 6.30. The van der Waals surface area contributed by atoms with E-state index in [1.54, 1.807) is 0 Å². The van der Waals surface area contributed by atoms with E-state index >= 15 is 0 Å². The quantitative estimate of drug-likeness (QED) is 0.440. The highest BCUT2D eigenvalue weighted by Gasteiger charge is 2.63. The minimum absolute atomic E-state index is 0.0806. The zero-order valence-corrected chi connectivity index (χ0v) is 16.7. The standard InChI is InChI=1S/C24H29NO4/c26-18-24(13-14-24)22(28-15-20-7-3-1-4-8-20)23(11-12-23)17-25(19-27)29-16-21-9-5-2-6-10-21/h1-10,19,22,26H,11-18H2/t22-/m0/s1. The highest BCUT2D eigenvalue weighted by molar-refractivity contribution is 5.45. The average molecular weight is 395 g/mol. The van der Waals surface area contributed by atoms with E-state index in [2.05, 4.69) is 12.1 Å². The van der Waals surface area contributed by atoms with E-state index in [1.165, 1.54) is 5.06 Å². The molecule has 1 atom stereocenters. The summed E-state index contributed by atoms with van der Waals surface area (Å²) in [6.07, 6.45) is 4.58. The molecule has 0 bridgehead atoms. The molecule has 2 aliphatic carbocycles. The Morgan fingerprint density at radius 1 is 0.897 bits per heavy atom. The van der Waals surface area contributed by atoms with Gasteiger partial charge in [0.15, 0.2) is 0 Å². The van der Waals surface area contributed by atoms with Gasteiger partial charge in [-0.15, -0.1) is 0 Å². The fourth-order valence-corrected chi connectivity index (χ4v) is 4.24. The average Bonchev–Trinajstić information content (AvgIpc) is 3.70. The van der Waals surface area contributed by atoms with Crippen LogP contribution in [0.2, 0.25) is 0 Å². The minimum atomic E-state index is -0.181. The molecule has 29 heavy (non-hydrogen) atoms. The number of hydrogen-bond donors (Lipinski definition) is 1. The molecule has 1 N–H and O–H groups in total. The maximum absolute atomic E-state index is 11.7. The maximum Gasteiger partial charge on any atom is 0.233 e. The fraction of sp³-hybridized carbons (Fsp3) is 0.458. The smallest absolute Gasteiger partial charge is 0.233 e. The van der Waals surface area contributed by atoms with Crippen molar-refractivity contribution in [1.82, 2.24) is 5.06 Å². The first-order chi connectivity index (χ1) is 14.2. The molecule has 0 radical (unpaired) electrons. The van der Waals surface area contributed by atoms with Crippen LogP contribution in [0.5, 0.6) is 0 Å². The van der Waals surface area contributed by atoms with E-state index in [4.69, 9.17) is 9.57 Å². The van der Waals surface area contributed by atoms with Gasteiger partial charge in [-0.05, 0) is 36.8 Å². The first-order valence-corrected chi connectivity index (χ1v) is 10.3. The van der Waals surface area contributed by atoms with Gasteiger partial charge < -0.3 is 9.84 Å². The van der Waals surface area contributed by atoms with Gasteiger partial charge in [-0.2, -0.15) is 0 Å². The summed E-state index contributed by atoms with van der Waals surface area (Å²) < 4.78 is 6.42. The second kappa shape index (κ2) is 8.66. The number of aliphatic hydroxyl groups is 1. The lowest BCUT2D eigenvalue weighted by Gasteiger charge is -2.35. The van der Waals surface area contributed by atoms with E-state index in [0.29, 0.717) is 19.8 Å². The molecule has 154 valence electrons. The molecule has 0 spiro atoms. The van der Waals surface area contributed by atoms with Crippen LogP contribution in [0.4, 0.5) is 0 Å². The molecule has 0 saturated heterocycles. The second-order valence-electron chi connectivity index (χ2n) is 8.50. The highest BCUT2D eigenvalue weighted by Crippen LogP contribution is 2.63. The molecule has 0 heterocycles. The van der Waals surface area contributed by atoms with E-state index in [0.717, 1.165) is 43.2 Å². The van der Waals surface area contributed by atoms with Gasteiger partial charge in [0.25, 0.3) is 0 Å². The van der Waals surface area contributed by atoms with E-state index < -0.39 is 0 Å². The van der Waals surface area contributed by atoms with Crippen LogP contribution in [0.25, 0.3) is 0 Å².